The van der Waals surface area contributed by atoms with E-state index in [1.165, 1.54) is 0 Å². The molecule has 0 aliphatic heterocycles. The molecule has 0 unspecified atom stereocenters. The van der Waals surface area contributed by atoms with Gasteiger partial charge in [0.1, 0.15) is 11.5 Å². The van der Waals surface area contributed by atoms with Gasteiger partial charge in [-0.2, -0.15) is 11.8 Å². The minimum Gasteiger partial charge on any atom is -0.464 e. The number of likely N-dealkylation sites (N-methyl/N-ethyl adjacent to an activating group) is 1. The predicted octanol–water partition coefficient (Wildman–Crippen LogP) is 1.56. The second kappa shape index (κ2) is 9.12. The van der Waals surface area contributed by atoms with Crippen molar-refractivity contribution < 1.29 is 9.21 Å². The fourth-order valence-electron chi connectivity index (χ4n) is 1.95. The van der Waals surface area contributed by atoms with Crippen molar-refractivity contribution >= 4 is 17.7 Å². The fourth-order valence-corrected chi connectivity index (χ4v) is 2.44. The molecule has 120 valence electrons. The van der Waals surface area contributed by atoms with E-state index in [2.05, 4.69) is 4.90 Å². The van der Waals surface area contributed by atoms with Crippen LogP contribution in [0.3, 0.4) is 0 Å². The van der Waals surface area contributed by atoms with E-state index >= 15 is 0 Å². The molecule has 0 saturated heterocycles. The molecule has 0 bridgehead atoms. The van der Waals surface area contributed by atoms with Crippen LogP contribution in [0, 0.1) is 6.92 Å². The van der Waals surface area contributed by atoms with Crippen molar-refractivity contribution in [2.24, 2.45) is 5.73 Å². The smallest absolute Gasteiger partial charge is 0.239 e. The topological polar surface area (TPSA) is 62.7 Å². The zero-order valence-electron chi connectivity index (χ0n) is 13.5. The number of nitrogens with two attached hydrogens (primary N) is 1. The number of thioether (sulfide) groups is 1. The van der Waals surface area contributed by atoms with Gasteiger partial charge in [-0.15, -0.1) is 0 Å². The quantitative estimate of drug-likeness (QED) is 0.749. The number of amides is 1. The monoisotopic (exact) mass is 313 g/mol. The van der Waals surface area contributed by atoms with Gasteiger partial charge in [-0.05, 0) is 51.6 Å². The van der Waals surface area contributed by atoms with Gasteiger partial charge in [0.15, 0.2) is 0 Å². The Morgan fingerprint density at radius 1 is 1.38 bits per heavy atom. The number of carbonyl (C=O) groups is 1. The third kappa shape index (κ3) is 6.54. The molecule has 21 heavy (non-hydrogen) atoms. The summed E-state index contributed by atoms with van der Waals surface area (Å²) in [6.45, 7) is 3.84. The minimum absolute atomic E-state index is 0.0000435. The number of rotatable bonds is 9. The molecule has 1 rings (SSSR count). The van der Waals surface area contributed by atoms with Crippen molar-refractivity contribution in [1.29, 1.82) is 0 Å². The van der Waals surface area contributed by atoms with Gasteiger partial charge < -0.3 is 20.0 Å². The van der Waals surface area contributed by atoms with Crippen molar-refractivity contribution in [3.8, 4) is 0 Å². The molecule has 0 aromatic carbocycles. The molecule has 1 atom stereocenters. The van der Waals surface area contributed by atoms with Gasteiger partial charge in [-0.25, -0.2) is 0 Å². The molecule has 0 radical (unpaired) electrons. The third-order valence-electron chi connectivity index (χ3n) is 3.22. The molecule has 0 spiro atoms. The largest absolute Gasteiger partial charge is 0.464 e. The first-order valence-electron chi connectivity index (χ1n) is 7.17. The van der Waals surface area contributed by atoms with Crippen LogP contribution in [-0.4, -0.2) is 60.9 Å². The van der Waals surface area contributed by atoms with Crippen LogP contribution in [0.25, 0.3) is 0 Å². The summed E-state index contributed by atoms with van der Waals surface area (Å²) < 4.78 is 5.58. The molecule has 0 aliphatic carbocycles. The summed E-state index contributed by atoms with van der Waals surface area (Å²) in [5, 5.41) is 0. The van der Waals surface area contributed by atoms with E-state index in [9.17, 15) is 4.79 Å². The predicted molar refractivity (Wildman–Crippen MR) is 88.4 cm³/mol. The first-order valence-corrected chi connectivity index (χ1v) is 8.56. The van der Waals surface area contributed by atoms with Gasteiger partial charge in [0, 0.05) is 13.1 Å². The van der Waals surface area contributed by atoms with Crippen molar-refractivity contribution in [3.63, 3.8) is 0 Å². The zero-order chi connectivity index (χ0) is 15.8. The zero-order valence-corrected chi connectivity index (χ0v) is 14.3. The van der Waals surface area contributed by atoms with E-state index in [0.29, 0.717) is 19.5 Å². The second-order valence-corrected chi connectivity index (χ2v) is 6.45. The summed E-state index contributed by atoms with van der Waals surface area (Å²) in [7, 11) is 3.99. The minimum atomic E-state index is -0.435. The van der Waals surface area contributed by atoms with Crippen molar-refractivity contribution in [3.05, 3.63) is 23.7 Å². The van der Waals surface area contributed by atoms with Crippen molar-refractivity contribution in [2.45, 2.75) is 25.9 Å². The van der Waals surface area contributed by atoms with Gasteiger partial charge in [-0.1, -0.05) is 0 Å². The van der Waals surface area contributed by atoms with Gasteiger partial charge in [0.2, 0.25) is 5.91 Å². The Labute approximate surface area is 131 Å². The SMILES string of the molecule is CSCC[C@H](N)C(=O)N(CCN(C)C)Cc1ccc(C)o1. The standard InChI is InChI=1S/C15H27N3O2S/c1-12-5-6-13(20-12)11-18(9-8-17(2)3)15(19)14(16)7-10-21-4/h5-6,14H,7-11,16H2,1-4H3/t14-/m0/s1. The number of furan rings is 1. The van der Waals surface area contributed by atoms with Crippen LogP contribution < -0.4 is 5.73 Å². The van der Waals surface area contributed by atoms with Crippen molar-refractivity contribution in [2.75, 3.05) is 39.2 Å². The molecular formula is C15H27N3O2S. The van der Waals surface area contributed by atoms with Crippen LogP contribution >= 0.6 is 11.8 Å². The Bertz CT molecular complexity index is 434. The third-order valence-corrected chi connectivity index (χ3v) is 3.87. The highest BCUT2D eigenvalue weighted by atomic mass is 32.2. The second-order valence-electron chi connectivity index (χ2n) is 5.46. The van der Waals surface area contributed by atoms with E-state index in [1.54, 1.807) is 16.7 Å². The molecule has 6 heteroatoms. The number of hydrogen-bond acceptors (Lipinski definition) is 5. The highest BCUT2D eigenvalue weighted by molar-refractivity contribution is 7.98. The lowest BCUT2D eigenvalue weighted by atomic mass is 10.2. The molecule has 1 heterocycles. The molecule has 0 saturated carbocycles. The summed E-state index contributed by atoms with van der Waals surface area (Å²) in [5.41, 5.74) is 6.02. The van der Waals surface area contributed by atoms with Crippen LogP contribution in [0.1, 0.15) is 17.9 Å². The summed E-state index contributed by atoms with van der Waals surface area (Å²) in [6, 6.07) is 3.40. The Hall–Kier alpha value is -0.980. The van der Waals surface area contributed by atoms with Crippen LogP contribution in [0.5, 0.6) is 0 Å². The first-order chi connectivity index (χ1) is 9.93. The molecular weight excluding hydrogens is 286 g/mol. The lowest BCUT2D eigenvalue weighted by molar-refractivity contribution is -0.133. The molecule has 1 amide bonds. The fraction of sp³-hybridized carbons (Fsp3) is 0.667. The maximum atomic E-state index is 12.5. The molecule has 0 aliphatic rings. The Morgan fingerprint density at radius 3 is 2.62 bits per heavy atom. The van der Waals surface area contributed by atoms with Crippen LogP contribution in [-0.2, 0) is 11.3 Å². The summed E-state index contributed by atoms with van der Waals surface area (Å²) >= 11 is 1.71. The molecule has 1 aromatic heterocycles. The van der Waals surface area contributed by atoms with E-state index in [1.807, 2.05) is 39.4 Å². The highest BCUT2D eigenvalue weighted by Gasteiger charge is 2.21. The van der Waals surface area contributed by atoms with E-state index < -0.39 is 6.04 Å². The normalized spacial score (nSPS) is 12.7. The highest BCUT2D eigenvalue weighted by Crippen LogP contribution is 2.11. The van der Waals surface area contributed by atoms with Crippen molar-refractivity contribution in [1.82, 2.24) is 9.80 Å². The summed E-state index contributed by atoms with van der Waals surface area (Å²) in [6.07, 6.45) is 2.72. The maximum absolute atomic E-state index is 12.5. The maximum Gasteiger partial charge on any atom is 0.239 e. The number of hydrogen-bond donors (Lipinski definition) is 1. The van der Waals surface area contributed by atoms with Gasteiger partial charge in [0.25, 0.3) is 0 Å². The van der Waals surface area contributed by atoms with Crippen LogP contribution in [0.15, 0.2) is 16.5 Å². The molecule has 1 aromatic rings. The average molecular weight is 313 g/mol. The summed E-state index contributed by atoms with van der Waals surface area (Å²) in [4.78, 5) is 16.4. The first kappa shape index (κ1) is 18.1. The molecule has 2 N–H and O–H groups in total. The molecule has 0 fully saturated rings. The van der Waals surface area contributed by atoms with Gasteiger partial charge in [0.05, 0.1) is 12.6 Å². The van der Waals surface area contributed by atoms with E-state index in [4.69, 9.17) is 10.2 Å². The Morgan fingerprint density at radius 2 is 2.10 bits per heavy atom. The Balaban J connectivity index is 2.68. The lowest BCUT2D eigenvalue weighted by Gasteiger charge is -2.26. The van der Waals surface area contributed by atoms with E-state index in [-0.39, 0.29) is 5.91 Å². The van der Waals surface area contributed by atoms with E-state index in [0.717, 1.165) is 23.8 Å². The van der Waals surface area contributed by atoms with Crippen LogP contribution in [0.2, 0.25) is 0 Å². The van der Waals surface area contributed by atoms with Gasteiger partial charge >= 0.3 is 0 Å². The summed E-state index contributed by atoms with van der Waals surface area (Å²) in [5.74, 6) is 2.56. The van der Waals surface area contributed by atoms with Crippen LogP contribution in [0.4, 0.5) is 0 Å². The number of aryl methyl sites for hydroxylation is 1. The number of carbonyl (C=O) groups excluding carboxylic acids is 1. The van der Waals surface area contributed by atoms with Gasteiger partial charge in [-0.3, -0.25) is 4.79 Å². The molecule has 5 nitrogen and oxygen atoms in total. The Kier molecular flexibility index (Phi) is 7.85. The lowest BCUT2D eigenvalue weighted by Crippen LogP contribution is -2.45. The number of nitrogens with zero attached hydrogens (tertiary/aromatic N) is 2. The average Bonchev–Trinajstić information content (AvgIpc) is 2.85.